The van der Waals surface area contributed by atoms with E-state index in [0.717, 1.165) is 11.4 Å². The average Bonchev–Trinajstić information content (AvgIpc) is 2.33. The summed E-state index contributed by atoms with van der Waals surface area (Å²) in [5, 5.41) is 2.75. The van der Waals surface area contributed by atoms with Gasteiger partial charge in [-0.15, -0.1) is 5.43 Å². The normalized spacial score (nSPS) is 9.71. The molecule has 0 radical (unpaired) electrons. The predicted molar refractivity (Wildman–Crippen MR) is 66.2 cm³/mol. The average molecular weight is 228 g/mol. The summed E-state index contributed by atoms with van der Waals surface area (Å²) < 4.78 is 1.66. The minimum atomic E-state index is -0.268. The number of urea groups is 1. The monoisotopic (exact) mass is 228 g/mol. The van der Waals surface area contributed by atoms with E-state index in [0.29, 0.717) is 0 Å². The third kappa shape index (κ3) is 3.04. The number of hydrogen-bond acceptors (Lipinski definition) is 1. The van der Waals surface area contributed by atoms with Crippen molar-refractivity contribution in [3.63, 3.8) is 0 Å². The Bertz CT molecular complexity index is 511. The number of nitrogens with one attached hydrogen (secondary N) is 2. The van der Waals surface area contributed by atoms with Gasteiger partial charge in [0.05, 0.1) is 0 Å². The molecule has 1 aromatic carbocycles. The van der Waals surface area contributed by atoms with E-state index >= 15 is 0 Å². The van der Waals surface area contributed by atoms with Gasteiger partial charge in [0.2, 0.25) is 5.69 Å². The maximum atomic E-state index is 11.7. The lowest BCUT2D eigenvalue weighted by Gasteiger charge is -2.04. The van der Waals surface area contributed by atoms with Crippen molar-refractivity contribution in [2.24, 2.45) is 0 Å². The molecule has 1 heterocycles. The number of rotatable bonds is 2. The molecule has 2 N–H and O–H groups in total. The van der Waals surface area contributed by atoms with E-state index < -0.39 is 0 Å². The van der Waals surface area contributed by atoms with Crippen LogP contribution in [0.2, 0.25) is 0 Å². The first-order valence-electron chi connectivity index (χ1n) is 5.36. The molecule has 2 aromatic rings. The number of nitrogens with zero attached hydrogens (tertiary/aromatic N) is 1. The van der Waals surface area contributed by atoms with Gasteiger partial charge in [0.1, 0.15) is 0 Å². The molecule has 0 saturated carbocycles. The summed E-state index contributed by atoms with van der Waals surface area (Å²) in [4.78, 5) is 11.7. The molecule has 0 spiro atoms. The van der Waals surface area contributed by atoms with Crippen LogP contribution in [-0.4, -0.2) is 6.03 Å². The van der Waals surface area contributed by atoms with E-state index in [1.165, 1.54) is 0 Å². The number of pyridine rings is 1. The molecule has 0 saturated heterocycles. The summed E-state index contributed by atoms with van der Waals surface area (Å²) in [7, 11) is 0. The van der Waals surface area contributed by atoms with Gasteiger partial charge >= 0.3 is 6.03 Å². The van der Waals surface area contributed by atoms with Crippen molar-refractivity contribution < 1.29 is 9.47 Å². The minimum absolute atomic E-state index is 0.268. The Morgan fingerprint density at radius 1 is 1.06 bits per heavy atom. The molecule has 0 unspecified atom stereocenters. The van der Waals surface area contributed by atoms with Crippen molar-refractivity contribution >= 4 is 11.7 Å². The highest BCUT2D eigenvalue weighted by Crippen LogP contribution is 2.03. The Hall–Kier alpha value is -2.36. The zero-order valence-electron chi connectivity index (χ0n) is 9.55. The fraction of sp³-hybridized carbons (Fsp3) is 0.0769. The van der Waals surface area contributed by atoms with E-state index in [1.807, 2.05) is 55.5 Å². The first kappa shape index (κ1) is 11.1. The number of benzene rings is 1. The third-order valence-electron chi connectivity index (χ3n) is 2.32. The standard InChI is InChI=1S/C13H13N3O/c1-11-7-5-6-10-16(11)15-13(17)14-12-8-3-2-4-9-12/h2-10H,1H3,(H-,14,15,17)/p+1. The van der Waals surface area contributed by atoms with Crippen LogP contribution >= 0.6 is 0 Å². The second-order valence-corrected chi connectivity index (χ2v) is 3.64. The summed E-state index contributed by atoms with van der Waals surface area (Å²) in [6.07, 6.45) is 1.79. The Kier molecular flexibility index (Phi) is 3.35. The van der Waals surface area contributed by atoms with Crippen LogP contribution in [0.5, 0.6) is 0 Å². The SMILES string of the molecule is Cc1cccc[n+]1NC(=O)Nc1ccccc1. The van der Waals surface area contributed by atoms with Gasteiger partial charge in [0, 0.05) is 24.7 Å². The summed E-state index contributed by atoms with van der Waals surface area (Å²) in [6.45, 7) is 1.92. The predicted octanol–water partition coefficient (Wildman–Crippen LogP) is 2.06. The van der Waals surface area contributed by atoms with Crippen LogP contribution in [-0.2, 0) is 0 Å². The second kappa shape index (κ2) is 5.12. The van der Waals surface area contributed by atoms with E-state index in [9.17, 15) is 4.79 Å². The van der Waals surface area contributed by atoms with Crippen LogP contribution in [0.4, 0.5) is 10.5 Å². The molecule has 0 aliphatic rings. The fourth-order valence-corrected chi connectivity index (χ4v) is 1.44. The lowest BCUT2D eigenvalue weighted by atomic mass is 10.3. The van der Waals surface area contributed by atoms with E-state index in [1.54, 1.807) is 10.9 Å². The molecule has 4 nitrogen and oxygen atoms in total. The maximum absolute atomic E-state index is 11.7. The summed E-state index contributed by atoms with van der Waals surface area (Å²) in [5.74, 6) is 0. The molecular formula is C13H14N3O+. The number of para-hydroxylation sites is 1. The van der Waals surface area contributed by atoms with Gasteiger partial charge in [-0.25, -0.2) is 4.79 Å². The van der Waals surface area contributed by atoms with Crippen molar-refractivity contribution in [1.82, 2.24) is 0 Å². The molecule has 0 aliphatic heterocycles. The van der Waals surface area contributed by atoms with Gasteiger partial charge in [-0.2, -0.15) is 0 Å². The molecule has 0 atom stereocenters. The molecule has 2 amide bonds. The first-order chi connectivity index (χ1) is 8.25. The molecule has 17 heavy (non-hydrogen) atoms. The van der Waals surface area contributed by atoms with E-state index in [-0.39, 0.29) is 6.03 Å². The highest BCUT2D eigenvalue weighted by Gasteiger charge is 2.09. The maximum Gasteiger partial charge on any atom is 0.372 e. The smallest absolute Gasteiger partial charge is 0.304 e. The Morgan fingerprint density at radius 3 is 2.47 bits per heavy atom. The van der Waals surface area contributed by atoms with Gasteiger partial charge in [-0.1, -0.05) is 22.9 Å². The van der Waals surface area contributed by atoms with Crippen molar-refractivity contribution in [2.75, 3.05) is 10.7 Å². The molecule has 2 rings (SSSR count). The first-order valence-corrected chi connectivity index (χ1v) is 5.36. The molecule has 86 valence electrons. The highest BCUT2D eigenvalue weighted by molar-refractivity contribution is 5.93. The van der Waals surface area contributed by atoms with Crippen molar-refractivity contribution in [3.05, 3.63) is 60.4 Å². The van der Waals surface area contributed by atoms with Crippen LogP contribution in [0.1, 0.15) is 5.69 Å². The van der Waals surface area contributed by atoms with Gasteiger partial charge in [0.25, 0.3) is 0 Å². The zero-order chi connectivity index (χ0) is 12.1. The topological polar surface area (TPSA) is 45.0 Å². The summed E-state index contributed by atoms with van der Waals surface area (Å²) >= 11 is 0. The van der Waals surface area contributed by atoms with Crippen molar-refractivity contribution in [2.45, 2.75) is 6.92 Å². The zero-order valence-corrected chi connectivity index (χ0v) is 9.55. The van der Waals surface area contributed by atoms with Gasteiger partial charge in [-0.3, -0.25) is 0 Å². The Labute approximate surface area is 99.9 Å². The van der Waals surface area contributed by atoms with Crippen LogP contribution in [0.3, 0.4) is 0 Å². The number of hydrogen-bond donors (Lipinski definition) is 2. The molecule has 1 aromatic heterocycles. The number of aromatic nitrogens is 1. The fourth-order valence-electron chi connectivity index (χ4n) is 1.44. The van der Waals surface area contributed by atoms with E-state index in [4.69, 9.17) is 0 Å². The molecule has 0 fully saturated rings. The van der Waals surface area contributed by atoms with Gasteiger partial charge in [-0.05, 0) is 18.2 Å². The Balaban J connectivity index is 2.01. The number of anilines is 1. The number of carbonyl (C=O) groups is 1. The lowest BCUT2D eigenvalue weighted by molar-refractivity contribution is -0.647. The largest absolute Gasteiger partial charge is 0.372 e. The van der Waals surface area contributed by atoms with Crippen LogP contribution in [0.15, 0.2) is 54.7 Å². The van der Waals surface area contributed by atoms with Crippen molar-refractivity contribution in [1.29, 1.82) is 0 Å². The van der Waals surface area contributed by atoms with Crippen LogP contribution in [0, 0.1) is 6.92 Å². The lowest BCUT2D eigenvalue weighted by Crippen LogP contribution is -2.51. The quantitative estimate of drug-likeness (QED) is 0.759. The number of aryl methyl sites for hydroxylation is 1. The van der Waals surface area contributed by atoms with Crippen molar-refractivity contribution in [3.8, 4) is 0 Å². The summed E-state index contributed by atoms with van der Waals surface area (Å²) in [6, 6.07) is 14.7. The Morgan fingerprint density at radius 2 is 1.76 bits per heavy atom. The van der Waals surface area contributed by atoms with Gasteiger partial charge in [0.15, 0.2) is 6.20 Å². The molecule has 0 aliphatic carbocycles. The second-order valence-electron chi connectivity index (χ2n) is 3.64. The van der Waals surface area contributed by atoms with E-state index in [2.05, 4.69) is 10.7 Å². The number of amides is 2. The minimum Gasteiger partial charge on any atom is -0.304 e. The van der Waals surface area contributed by atoms with Gasteiger partial charge < -0.3 is 5.32 Å². The molecule has 4 heteroatoms. The summed E-state index contributed by atoms with van der Waals surface area (Å²) in [5.41, 5.74) is 4.44. The van der Waals surface area contributed by atoms with Crippen LogP contribution in [0.25, 0.3) is 0 Å². The van der Waals surface area contributed by atoms with Crippen LogP contribution < -0.4 is 15.4 Å². The number of carbonyl (C=O) groups excluding carboxylic acids is 1. The molecule has 0 bridgehead atoms. The highest BCUT2D eigenvalue weighted by atomic mass is 16.2. The third-order valence-corrected chi connectivity index (χ3v) is 2.32. The molecular weight excluding hydrogens is 214 g/mol.